The number of hydrogen-bond donors (Lipinski definition) is 0. The maximum absolute atomic E-state index is 5.83. The highest BCUT2D eigenvalue weighted by Gasteiger charge is 2.20. The van der Waals surface area contributed by atoms with Gasteiger partial charge in [-0.3, -0.25) is 0 Å². The van der Waals surface area contributed by atoms with Gasteiger partial charge >= 0.3 is 0 Å². The molecule has 1 heteroatoms. The molecule has 1 aromatic carbocycles. The lowest BCUT2D eigenvalue weighted by Gasteiger charge is -2.28. The first kappa shape index (κ1) is 20.3. The highest BCUT2D eigenvalue weighted by Crippen LogP contribution is 2.34. The molecule has 0 N–H and O–H groups in total. The van der Waals surface area contributed by atoms with Crippen molar-refractivity contribution >= 4 is 0 Å². The van der Waals surface area contributed by atoms with Gasteiger partial charge in [-0.05, 0) is 61.3 Å². The largest absolute Gasteiger partial charge is 0.494 e. The monoisotopic (exact) mass is 344 g/mol. The van der Waals surface area contributed by atoms with Crippen LogP contribution in [0.3, 0.4) is 0 Å². The molecule has 0 amide bonds. The molecule has 0 unspecified atom stereocenters. The molecule has 1 fully saturated rings. The van der Waals surface area contributed by atoms with E-state index in [0.29, 0.717) is 0 Å². The Kier molecular flexibility index (Phi) is 9.43. The van der Waals surface area contributed by atoms with Crippen LogP contribution in [0.1, 0.15) is 95.6 Å². The van der Waals surface area contributed by atoms with E-state index in [0.717, 1.165) is 30.6 Å². The molecular formula is C24H40O. The number of benzene rings is 1. The Hall–Kier alpha value is -0.980. The van der Waals surface area contributed by atoms with Crippen LogP contribution < -0.4 is 4.74 Å². The van der Waals surface area contributed by atoms with Crippen LogP contribution in [0.2, 0.25) is 0 Å². The Labute approximate surface area is 156 Å². The molecule has 1 aliphatic rings. The Bertz CT molecular complexity index is 471. The SMILES string of the molecule is CCCCC[C@H]1CC[C@H](CCc2ccc(OCCCC)cc2C)CC1. The lowest BCUT2D eigenvalue weighted by atomic mass is 9.77. The lowest BCUT2D eigenvalue weighted by molar-refractivity contribution is 0.249. The van der Waals surface area contributed by atoms with E-state index >= 15 is 0 Å². The zero-order valence-electron chi connectivity index (χ0n) is 17.0. The van der Waals surface area contributed by atoms with E-state index in [-0.39, 0.29) is 0 Å². The van der Waals surface area contributed by atoms with E-state index in [1.54, 1.807) is 0 Å². The van der Waals surface area contributed by atoms with Gasteiger partial charge in [-0.15, -0.1) is 0 Å². The third-order valence-electron chi connectivity index (χ3n) is 6.08. The van der Waals surface area contributed by atoms with E-state index in [9.17, 15) is 0 Å². The molecule has 0 bridgehead atoms. The standard InChI is InChI=1S/C24H40O/c1-4-6-8-9-21-10-12-22(13-11-21)14-15-23-16-17-24(19-20(23)3)25-18-7-5-2/h16-17,19,21-22H,4-15,18H2,1-3H3/t21-,22-. The van der Waals surface area contributed by atoms with Crippen molar-refractivity contribution in [3.05, 3.63) is 29.3 Å². The molecule has 0 radical (unpaired) electrons. The van der Waals surface area contributed by atoms with Gasteiger partial charge in [0.05, 0.1) is 6.61 Å². The van der Waals surface area contributed by atoms with Crippen LogP contribution >= 0.6 is 0 Å². The first-order valence-corrected chi connectivity index (χ1v) is 10.9. The van der Waals surface area contributed by atoms with Crippen molar-refractivity contribution in [1.82, 2.24) is 0 Å². The van der Waals surface area contributed by atoms with Crippen molar-refractivity contribution in [2.24, 2.45) is 11.8 Å². The smallest absolute Gasteiger partial charge is 0.119 e. The second kappa shape index (κ2) is 11.6. The van der Waals surface area contributed by atoms with Gasteiger partial charge in [0, 0.05) is 0 Å². The second-order valence-electron chi connectivity index (χ2n) is 8.21. The van der Waals surface area contributed by atoms with Gasteiger partial charge < -0.3 is 4.74 Å². The van der Waals surface area contributed by atoms with Crippen molar-refractivity contribution in [1.29, 1.82) is 0 Å². The molecule has 0 heterocycles. The van der Waals surface area contributed by atoms with Crippen LogP contribution in [0, 0.1) is 18.8 Å². The molecule has 25 heavy (non-hydrogen) atoms. The molecular weight excluding hydrogens is 304 g/mol. The number of hydrogen-bond acceptors (Lipinski definition) is 1. The molecule has 0 spiro atoms. The summed E-state index contributed by atoms with van der Waals surface area (Å²) >= 11 is 0. The Morgan fingerprint density at radius 1 is 0.880 bits per heavy atom. The van der Waals surface area contributed by atoms with Crippen LogP contribution in [0.4, 0.5) is 0 Å². The minimum atomic E-state index is 0.844. The third kappa shape index (κ3) is 7.42. The summed E-state index contributed by atoms with van der Waals surface area (Å²) in [4.78, 5) is 0. The Balaban J connectivity index is 1.69. The Morgan fingerprint density at radius 2 is 1.56 bits per heavy atom. The van der Waals surface area contributed by atoms with Crippen molar-refractivity contribution in [3.63, 3.8) is 0 Å². The molecule has 142 valence electrons. The van der Waals surface area contributed by atoms with E-state index in [1.807, 2.05) is 0 Å². The van der Waals surface area contributed by atoms with Crippen LogP contribution in [0.25, 0.3) is 0 Å². The summed E-state index contributed by atoms with van der Waals surface area (Å²) in [5.74, 6) is 3.04. The number of unbranched alkanes of at least 4 members (excludes halogenated alkanes) is 3. The molecule has 1 aromatic rings. The molecule has 0 saturated heterocycles. The van der Waals surface area contributed by atoms with E-state index in [1.165, 1.54) is 81.8 Å². The normalized spacial score (nSPS) is 20.6. The molecule has 0 atom stereocenters. The minimum absolute atomic E-state index is 0.844. The summed E-state index contributed by atoms with van der Waals surface area (Å²) in [6.07, 6.45) is 16.6. The van der Waals surface area contributed by atoms with E-state index < -0.39 is 0 Å². The first-order valence-electron chi connectivity index (χ1n) is 10.9. The molecule has 1 aliphatic carbocycles. The summed E-state index contributed by atoms with van der Waals surface area (Å²) in [6.45, 7) is 7.60. The topological polar surface area (TPSA) is 9.23 Å². The fourth-order valence-corrected chi connectivity index (χ4v) is 4.22. The summed E-state index contributed by atoms with van der Waals surface area (Å²) in [5, 5.41) is 0. The van der Waals surface area contributed by atoms with Crippen LogP contribution in [0.15, 0.2) is 18.2 Å². The highest BCUT2D eigenvalue weighted by atomic mass is 16.5. The molecule has 2 rings (SSSR count). The molecule has 1 saturated carbocycles. The number of ether oxygens (including phenoxy) is 1. The van der Waals surface area contributed by atoms with Gasteiger partial charge in [-0.2, -0.15) is 0 Å². The van der Waals surface area contributed by atoms with Crippen molar-refractivity contribution in [2.45, 2.75) is 97.8 Å². The van der Waals surface area contributed by atoms with Gasteiger partial charge in [-0.25, -0.2) is 0 Å². The fourth-order valence-electron chi connectivity index (χ4n) is 4.22. The summed E-state index contributed by atoms with van der Waals surface area (Å²) in [6, 6.07) is 6.70. The van der Waals surface area contributed by atoms with E-state index in [2.05, 4.69) is 39.0 Å². The van der Waals surface area contributed by atoms with Gasteiger partial charge in [0.25, 0.3) is 0 Å². The molecule has 0 aliphatic heterocycles. The van der Waals surface area contributed by atoms with Crippen molar-refractivity contribution in [3.8, 4) is 5.75 Å². The van der Waals surface area contributed by atoms with Gasteiger partial charge in [0.1, 0.15) is 5.75 Å². The zero-order valence-corrected chi connectivity index (χ0v) is 17.0. The van der Waals surface area contributed by atoms with E-state index in [4.69, 9.17) is 4.74 Å². The third-order valence-corrected chi connectivity index (χ3v) is 6.08. The van der Waals surface area contributed by atoms with Gasteiger partial charge in [0.15, 0.2) is 0 Å². The average Bonchev–Trinajstić information content (AvgIpc) is 2.62. The number of aryl methyl sites for hydroxylation is 2. The predicted octanol–water partition coefficient (Wildman–Crippen LogP) is 7.49. The maximum Gasteiger partial charge on any atom is 0.119 e. The van der Waals surface area contributed by atoms with Crippen LogP contribution in [0.5, 0.6) is 5.75 Å². The zero-order chi connectivity index (χ0) is 17.9. The van der Waals surface area contributed by atoms with Gasteiger partial charge in [0.2, 0.25) is 0 Å². The molecule has 0 aromatic heterocycles. The van der Waals surface area contributed by atoms with Crippen molar-refractivity contribution in [2.75, 3.05) is 6.61 Å². The van der Waals surface area contributed by atoms with Crippen LogP contribution in [-0.4, -0.2) is 6.61 Å². The quantitative estimate of drug-likeness (QED) is 0.378. The van der Waals surface area contributed by atoms with Gasteiger partial charge in [-0.1, -0.05) is 77.7 Å². The van der Waals surface area contributed by atoms with Crippen molar-refractivity contribution < 1.29 is 4.74 Å². The predicted molar refractivity (Wildman–Crippen MR) is 109 cm³/mol. The van der Waals surface area contributed by atoms with Crippen LogP contribution in [-0.2, 0) is 6.42 Å². The second-order valence-corrected chi connectivity index (χ2v) is 8.21. The first-order chi connectivity index (χ1) is 12.2. The summed E-state index contributed by atoms with van der Waals surface area (Å²) in [7, 11) is 0. The number of rotatable bonds is 11. The Morgan fingerprint density at radius 3 is 2.20 bits per heavy atom. The maximum atomic E-state index is 5.83. The lowest BCUT2D eigenvalue weighted by Crippen LogP contribution is -2.15. The summed E-state index contributed by atoms with van der Waals surface area (Å²) < 4.78 is 5.83. The summed E-state index contributed by atoms with van der Waals surface area (Å²) in [5.41, 5.74) is 2.93. The fraction of sp³-hybridized carbons (Fsp3) is 0.750. The minimum Gasteiger partial charge on any atom is -0.494 e. The molecule has 1 nitrogen and oxygen atoms in total. The highest BCUT2D eigenvalue weighted by molar-refractivity contribution is 5.34. The average molecular weight is 345 g/mol.